The van der Waals surface area contributed by atoms with Crippen molar-refractivity contribution in [3.05, 3.63) is 23.0 Å². The van der Waals surface area contributed by atoms with Crippen LogP contribution in [0.1, 0.15) is 23.2 Å². The van der Waals surface area contributed by atoms with Crippen molar-refractivity contribution in [3.63, 3.8) is 0 Å². The number of aromatic hydroxyl groups is 1. The molecule has 0 spiro atoms. The van der Waals surface area contributed by atoms with Gasteiger partial charge in [-0.1, -0.05) is 0 Å². The number of rotatable bonds is 13. The first kappa shape index (κ1) is 25.3. The number of phosphoric acid groups is 1. The Morgan fingerprint density at radius 1 is 1.34 bits per heavy atom. The Morgan fingerprint density at radius 3 is 2.55 bits per heavy atom. The van der Waals surface area contributed by atoms with E-state index in [2.05, 4.69) is 14.8 Å². The lowest BCUT2D eigenvalue weighted by Crippen LogP contribution is -2.37. The lowest BCUT2D eigenvalue weighted by atomic mass is 10.1. The minimum atomic E-state index is -4.74. The van der Waals surface area contributed by atoms with Crippen LogP contribution in [0, 0.1) is 6.92 Å². The number of nitrogens with one attached hydrogen (secondary N) is 1. The average Bonchev–Trinajstić information content (AvgIpc) is 2.61. The highest BCUT2D eigenvalue weighted by Gasteiger charge is 2.21. The summed E-state index contributed by atoms with van der Waals surface area (Å²) in [5, 5.41) is 31.1. The molecule has 0 fully saturated rings. The summed E-state index contributed by atoms with van der Waals surface area (Å²) >= 11 is 1.20. The Bertz CT molecular complexity index is 774. The van der Waals surface area contributed by atoms with E-state index in [1.54, 1.807) is 0 Å². The number of aliphatic carboxylic acids is 2. The number of hydrogen-bond donors (Lipinski definition) is 7. The van der Waals surface area contributed by atoms with Crippen molar-refractivity contribution in [3.8, 4) is 5.75 Å². The zero-order chi connectivity index (χ0) is 22.2. The molecular weight excluding hydrogens is 429 g/mol. The Balaban J connectivity index is 2.76. The van der Waals surface area contributed by atoms with Crippen LogP contribution in [-0.2, 0) is 31.8 Å². The number of carbonyl (C=O) groups is 2. The maximum absolute atomic E-state index is 11.5. The fraction of sp³-hybridized carbons (Fsp3) is 0.533. The Morgan fingerprint density at radius 2 is 2.00 bits per heavy atom. The van der Waals surface area contributed by atoms with Crippen LogP contribution in [-0.4, -0.2) is 65.6 Å². The van der Waals surface area contributed by atoms with Gasteiger partial charge in [0.15, 0.2) is 0 Å². The number of nitrogens with zero attached hydrogens (tertiary/aromatic N) is 1. The van der Waals surface area contributed by atoms with Crippen molar-refractivity contribution in [2.45, 2.75) is 38.6 Å². The zero-order valence-corrected chi connectivity index (χ0v) is 17.2. The summed E-state index contributed by atoms with van der Waals surface area (Å²) < 4.78 is 15.3. The number of thioether (sulfide) groups is 1. The number of aromatic nitrogens is 1. The quantitative estimate of drug-likeness (QED) is 0.152. The molecular formula is C15H24N3O9PS. The Kier molecular flexibility index (Phi) is 10.00. The topological polar surface area (TPSA) is 213 Å². The first-order valence-electron chi connectivity index (χ1n) is 8.31. The molecule has 0 aliphatic rings. The third-order valence-electron chi connectivity index (χ3n) is 3.81. The van der Waals surface area contributed by atoms with Gasteiger partial charge in [-0.2, -0.15) is 11.8 Å². The van der Waals surface area contributed by atoms with Crippen molar-refractivity contribution in [1.29, 1.82) is 0 Å². The van der Waals surface area contributed by atoms with Gasteiger partial charge in [0.1, 0.15) is 17.8 Å². The summed E-state index contributed by atoms with van der Waals surface area (Å²) in [6, 6.07) is -2.04. The molecule has 0 bridgehead atoms. The summed E-state index contributed by atoms with van der Waals surface area (Å²) in [7, 11) is -4.74. The van der Waals surface area contributed by atoms with E-state index in [4.69, 9.17) is 20.6 Å². The fourth-order valence-corrected chi connectivity index (χ4v) is 3.45. The van der Waals surface area contributed by atoms with Crippen LogP contribution in [0.4, 0.5) is 0 Å². The summed E-state index contributed by atoms with van der Waals surface area (Å²) in [5.41, 5.74) is 6.03. The standard InChI is InChI=1S/C15H24N3O9PS/c1-8-13(19)10(9(4-17-8)6-27-28(24,25)26)5-18-12(15(22)23)2-3-29-7-11(16)14(20)21/h4,11-12,18-19H,2-3,5-7,16H2,1H3,(H,20,21)(H,22,23)(H2,24,25,26)/t11-,12-/m0/s1. The van der Waals surface area contributed by atoms with Gasteiger partial charge in [-0.3, -0.25) is 19.1 Å². The normalized spacial score (nSPS) is 13.8. The lowest BCUT2D eigenvalue weighted by molar-refractivity contribution is -0.140. The van der Waals surface area contributed by atoms with Crippen LogP contribution in [0.5, 0.6) is 5.75 Å². The van der Waals surface area contributed by atoms with E-state index in [0.29, 0.717) is 5.75 Å². The largest absolute Gasteiger partial charge is 0.506 e. The molecule has 0 aliphatic heterocycles. The van der Waals surface area contributed by atoms with Crippen molar-refractivity contribution < 1.29 is 43.8 Å². The van der Waals surface area contributed by atoms with E-state index >= 15 is 0 Å². The number of pyridine rings is 1. The fourth-order valence-electron chi connectivity index (χ4n) is 2.18. The van der Waals surface area contributed by atoms with E-state index in [9.17, 15) is 24.4 Å². The molecule has 1 heterocycles. The molecule has 0 radical (unpaired) electrons. The van der Waals surface area contributed by atoms with E-state index in [0.717, 1.165) is 0 Å². The number of carboxylic acids is 2. The van der Waals surface area contributed by atoms with Crippen molar-refractivity contribution in [2.75, 3.05) is 11.5 Å². The highest BCUT2D eigenvalue weighted by molar-refractivity contribution is 7.99. The maximum atomic E-state index is 11.5. The minimum absolute atomic E-state index is 0.120. The molecule has 0 saturated carbocycles. The summed E-state index contributed by atoms with van der Waals surface area (Å²) in [4.78, 5) is 43.7. The highest BCUT2D eigenvalue weighted by Crippen LogP contribution is 2.38. The number of hydrogen-bond acceptors (Lipinski definition) is 9. The van der Waals surface area contributed by atoms with E-state index in [1.165, 1.54) is 24.9 Å². The van der Waals surface area contributed by atoms with Gasteiger partial charge < -0.3 is 36.2 Å². The molecule has 12 nitrogen and oxygen atoms in total. The van der Waals surface area contributed by atoms with Crippen LogP contribution in [0.25, 0.3) is 0 Å². The number of carboxylic acid groups (broad SMARTS) is 2. The van der Waals surface area contributed by atoms with Gasteiger partial charge in [-0.15, -0.1) is 0 Å². The van der Waals surface area contributed by atoms with Gasteiger partial charge in [0.05, 0.1) is 12.3 Å². The molecule has 1 rings (SSSR count). The maximum Gasteiger partial charge on any atom is 0.469 e. The van der Waals surface area contributed by atoms with Gasteiger partial charge in [-0.05, 0) is 19.1 Å². The molecule has 14 heteroatoms. The smallest absolute Gasteiger partial charge is 0.469 e. The number of nitrogens with two attached hydrogens (primary N) is 1. The SMILES string of the molecule is Cc1ncc(COP(=O)(O)O)c(CN[C@@H](CCSC[C@H](N)C(=O)O)C(=O)O)c1O. The van der Waals surface area contributed by atoms with Gasteiger partial charge in [0.2, 0.25) is 0 Å². The molecule has 0 aromatic carbocycles. The van der Waals surface area contributed by atoms with Gasteiger partial charge in [0, 0.05) is 29.6 Å². The average molecular weight is 453 g/mol. The van der Waals surface area contributed by atoms with Crippen LogP contribution in [0.15, 0.2) is 6.20 Å². The predicted molar refractivity (Wildman–Crippen MR) is 103 cm³/mol. The number of phosphoric ester groups is 1. The second kappa shape index (κ2) is 11.5. The molecule has 0 saturated heterocycles. The molecule has 1 aromatic heterocycles. The van der Waals surface area contributed by atoms with Gasteiger partial charge in [-0.25, -0.2) is 4.57 Å². The van der Waals surface area contributed by atoms with Crippen LogP contribution in [0.2, 0.25) is 0 Å². The summed E-state index contributed by atoms with van der Waals surface area (Å²) in [6.07, 6.45) is 1.44. The third kappa shape index (κ3) is 9.09. The van der Waals surface area contributed by atoms with E-state index in [1.807, 2.05) is 0 Å². The summed E-state index contributed by atoms with van der Waals surface area (Å²) in [5.74, 6) is -2.06. The molecule has 2 atom stereocenters. The van der Waals surface area contributed by atoms with Crippen molar-refractivity contribution in [2.24, 2.45) is 5.73 Å². The van der Waals surface area contributed by atoms with Crippen LogP contribution >= 0.6 is 19.6 Å². The minimum Gasteiger partial charge on any atom is -0.506 e. The van der Waals surface area contributed by atoms with Crippen LogP contribution in [0.3, 0.4) is 0 Å². The molecule has 164 valence electrons. The van der Waals surface area contributed by atoms with Crippen LogP contribution < -0.4 is 11.1 Å². The number of aryl methyl sites for hydroxylation is 1. The second-order valence-electron chi connectivity index (χ2n) is 6.04. The molecule has 0 amide bonds. The van der Waals surface area contributed by atoms with E-state index < -0.39 is 38.5 Å². The van der Waals surface area contributed by atoms with E-state index in [-0.39, 0.29) is 41.3 Å². The first-order chi connectivity index (χ1) is 13.4. The predicted octanol–water partition coefficient (Wildman–Crippen LogP) is -0.217. The third-order valence-corrected chi connectivity index (χ3v) is 5.39. The Labute approximate surface area is 170 Å². The molecule has 1 aromatic rings. The molecule has 29 heavy (non-hydrogen) atoms. The lowest BCUT2D eigenvalue weighted by Gasteiger charge is -2.18. The second-order valence-corrected chi connectivity index (χ2v) is 8.43. The monoisotopic (exact) mass is 453 g/mol. The molecule has 8 N–H and O–H groups in total. The molecule has 0 aliphatic carbocycles. The van der Waals surface area contributed by atoms with Crippen molar-refractivity contribution in [1.82, 2.24) is 10.3 Å². The first-order valence-corrected chi connectivity index (χ1v) is 11.0. The zero-order valence-electron chi connectivity index (χ0n) is 15.5. The van der Waals surface area contributed by atoms with Gasteiger partial charge in [0.25, 0.3) is 0 Å². The van der Waals surface area contributed by atoms with Crippen molar-refractivity contribution >= 4 is 31.5 Å². The molecule has 0 unspecified atom stereocenters. The Hall–Kier alpha value is -1.73. The summed E-state index contributed by atoms with van der Waals surface area (Å²) in [6.45, 7) is 0.873. The van der Waals surface area contributed by atoms with Gasteiger partial charge >= 0.3 is 19.8 Å². The highest BCUT2D eigenvalue weighted by atomic mass is 32.2.